The number of hydrogen-bond donors (Lipinski definition) is 2. The van der Waals surface area contributed by atoms with Crippen LogP contribution < -0.4 is 10.6 Å². The minimum Gasteiger partial charge on any atom is -0.326 e. The maximum Gasteiger partial charge on any atom is 0.221 e. The number of rotatable bonds is 4. The smallest absolute Gasteiger partial charge is 0.221 e. The highest BCUT2D eigenvalue weighted by Crippen LogP contribution is 2.44. The number of carbonyl (C=O) groups is 1. The lowest BCUT2D eigenvalue weighted by atomic mass is 9.95. The van der Waals surface area contributed by atoms with Crippen molar-refractivity contribution in [3.05, 3.63) is 29.8 Å². The van der Waals surface area contributed by atoms with Gasteiger partial charge < -0.3 is 10.6 Å². The molecule has 0 heterocycles. The highest BCUT2D eigenvalue weighted by Gasteiger charge is 2.38. The summed E-state index contributed by atoms with van der Waals surface area (Å²) in [7, 11) is 0. The molecule has 0 saturated heterocycles. The van der Waals surface area contributed by atoms with Crippen LogP contribution in [0.4, 0.5) is 5.69 Å². The van der Waals surface area contributed by atoms with Crippen LogP contribution in [0.1, 0.15) is 38.2 Å². The molecule has 2 aliphatic rings. The lowest BCUT2D eigenvalue weighted by Crippen LogP contribution is -2.33. The molecule has 2 saturated carbocycles. The Morgan fingerprint density at radius 1 is 1.21 bits per heavy atom. The van der Waals surface area contributed by atoms with Crippen LogP contribution in [0.25, 0.3) is 0 Å². The van der Waals surface area contributed by atoms with Crippen molar-refractivity contribution < 1.29 is 4.79 Å². The van der Waals surface area contributed by atoms with Gasteiger partial charge in [0, 0.05) is 25.2 Å². The molecule has 0 radical (unpaired) electrons. The summed E-state index contributed by atoms with van der Waals surface area (Å²) in [5.74, 6) is 1.89. The van der Waals surface area contributed by atoms with Crippen LogP contribution in [0, 0.1) is 11.8 Å². The lowest BCUT2D eigenvalue weighted by Gasteiger charge is -2.23. The molecule has 3 unspecified atom stereocenters. The summed E-state index contributed by atoms with van der Waals surface area (Å²) in [6, 6.07) is 8.85. The van der Waals surface area contributed by atoms with Gasteiger partial charge in [-0.1, -0.05) is 18.6 Å². The summed E-state index contributed by atoms with van der Waals surface area (Å²) in [6.45, 7) is 2.47. The van der Waals surface area contributed by atoms with Crippen molar-refractivity contribution in [1.29, 1.82) is 0 Å². The van der Waals surface area contributed by atoms with E-state index in [2.05, 4.69) is 22.8 Å². The van der Waals surface area contributed by atoms with Crippen LogP contribution in [0.3, 0.4) is 0 Å². The van der Waals surface area contributed by atoms with Gasteiger partial charge in [0.2, 0.25) is 5.91 Å². The zero-order valence-electron chi connectivity index (χ0n) is 11.5. The fourth-order valence-electron chi connectivity index (χ4n) is 3.65. The second-order valence-corrected chi connectivity index (χ2v) is 6.04. The molecule has 3 heteroatoms. The van der Waals surface area contributed by atoms with Crippen LogP contribution in [0.15, 0.2) is 24.3 Å². The topological polar surface area (TPSA) is 41.1 Å². The molecule has 3 rings (SSSR count). The third-order valence-corrected chi connectivity index (χ3v) is 4.58. The molecule has 0 aliphatic heterocycles. The largest absolute Gasteiger partial charge is 0.326 e. The summed E-state index contributed by atoms with van der Waals surface area (Å²) < 4.78 is 0. The molecule has 2 N–H and O–H groups in total. The van der Waals surface area contributed by atoms with E-state index in [-0.39, 0.29) is 5.91 Å². The molecule has 2 fully saturated rings. The Labute approximate surface area is 114 Å². The van der Waals surface area contributed by atoms with Crippen molar-refractivity contribution in [1.82, 2.24) is 5.32 Å². The van der Waals surface area contributed by atoms with Crippen LogP contribution in [0.5, 0.6) is 0 Å². The lowest BCUT2D eigenvalue weighted by molar-refractivity contribution is -0.114. The third-order valence-electron chi connectivity index (χ3n) is 4.58. The molecule has 3 atom stereocenters. The molecule has 1 amide bonds. The highest BCUT2D eigenvalue weighted by molar-refractivity contribution is 5.88. The van der Waals surface area contributed by atoms with Gasteiger partial charge in [0.15, 0.2) is 0 Å². The van der Waals surface area contributed by atoms with Gasteiger partial charge in [-0.15, -0.1) is 0 Å². The first-order valence-electron chi connectivity index (χ1n) is 7.30. The van der Waals surface area contributed by atoms with Crippen molar-refractivity contribution in [3.8, 4) is 0 Å². The summed E-state index contributed by atoms with van der Waals surface area (Å²) in [6.07, 6.45) is 5.69. The summed E-state index contributed by atoms with van der Waals surface area (Å²) >= 11 is 0. The van der Waals surface area contributed by atoms with Crippen LogP contribution in [-0.4, -0.2) is 11.9 Å². The number of carbonyl (C=O) groups excluding carboxylic acids is 1. The Bertz CT molecular complexity index is 454. The molecule has 2 aliphatic carbocycles. The molecule has 0 spiro atoms. The van der Waals surface area contributed by atoms with Crippen LogP contribution >= 0.6 is 0 Å². The SMILES string of the molecule is CC(=O)Nc1ccc(CNC2CC3CCC2C3)cc1. The maximum atomic E-state index is 10.9. The minimum absolute atomic E-state index is 0.0205. The van der Waals surface area contributed by atoms with E-state index in [0.29, 0.717) is 0 Å². The van der Waals surface area contributed by atoms with E-state index in [1.165, 1.54) is 38.2 Å². The van der Waals surface area contributed by atoms with E-state index >= 15 is 0 Å². The Balaban J connectivity index is 1.51. The quantitative estimate of drug-likeness (QED) is 0.872. The van der Waals surface area contributed by atoms with E-state index in [1.54, 1.807) is 0 Å². The molecular weight excluding hydrogens is 236 g/mol. The molecule has 102 valence electrons. The molecule has 0 aromatic heterocycles. The van der Waals surface area contributed by atoms with Gasteiger partial charge in [-0.2, -0.15) is 0 Å². The van der Waals surface area contributed by atoms with Gasteiger partial charge in [-0.3, -0.25) is 4.79 Å². The first kappa shape index (κ1) is 12.7. The molecule has 2 bridgehead atoms. The van der Waals surface area contributed by atoms with Crippen molar-refractivity contribution in [3.63, 3.8) is 0 Å². The molecular formula is C16H22N2O. The van der Waals surface area contributed by atoms with Crippen molar-refractivity contribution in [2.24, 2.45) is 11.8 Å². The molecule has 1 aromatic rings. The second-order valence-electron chi connectivity index (χ2n) is 6.04. The number of fused-ring (bicyclic) bond motifs is 2. The Morgan fingerprint density at radius 3 is 2.58 bits per heavy atom. The first-order valence-corrected chi connectivity index (χ1v) is 7.30. The van der Waals surface area contributed by atoms with Crippen molar-refractivity contribution in [2.45, 2.75) is 45.2 Å². The maximum absolute atomic E-state index is 10.9. The highest BCUT2D eigenvalue weighted by atomic mass is 16.1. The molecule has 1 aromatic carbocycles. The zero-order valence-corrected chi connectivity index (χ0v) is 11.5. The summed E-state index contributed by atoms with van der Waals surface area (Å²) in [5, 5.41) is 6.49. The Morgan fingerprint density at radius 2 is 2.00 bits per heavy atom. The van der Waals surface area contributed by atoms with Crippen LogP contribution in [0.2, 0.25) is 0 Å². The standard InChI is InChI=1S/C16H22N2O/c1-11(19)18-15-6-3-12(4-7-15)10-17-16-9-13-2-5-14(16)8-13/h3-4,6-7,13-14,16-17H,2,5,8-10H2,1H3,(H,18,19). The number of hydrogen-bond acceptors (Lipinski definition) is 2. The zero-order chi connectivity index (χ0) is 13.2. The predicted octanol–water partition coefficient (Wildman–Crippen LogP) is 2.92. The number of amides is 1. The number of anilines is 1. The fraction of sp³-hybridized carbons (Fsp3) is 0.562. The molecule has 19 heavy (non-hydrogen) atoms. The Kier molecular flexibility index (Phi) is 3.56. The van der Waals surface area contributed by atoms with Crippen molar-refractivity contribution in [2.75, 3.05) is 5.32 Å². The van der Waals surface area contributed by atoms with Gasteiger partial charge in [0.25, 0.3) is 0 Å². The van der Waals surface area contributed by atoms with Gasteiger partial charge >= 0.3 is 0 Å². The minimum atomic E-state index is -0.0205. The van der Waals surface area contributed by atoms with Gasteiger partial charge in [-0.25, -0.2) is 0 Å². The summed E-state index contributed by atoms with van der Waals surface area (Å²) in [5.41, 5.74) is 2.16. The van der Waals surface area contributed by atoms with E-state index < -0.39 is 0 Å². The summed E-state index contributed by atoms with van der Waals surface area (Å²) in [4.78, 5) is 10.9. The van der Waals surface area contributed by atoms with Crippen molar-refractivity contribution >= 4 is 11.6 Å². The second kappa shape index (κ2) is 5.33. The predicted molar refractivity (Wildman–Crippen MR) is 76.8 cm³/mol. The first-order chi connectivity index (χ1) is 9.20. The van der Waals surface area contributed by atoms with Gasteiger partial charge in [0.1, 0.15) is 0 Å². The van der Waals surface area contributed by atoms with Gasteiger partial charge in [0.05, 0.1) is 0 Å². The fourth-order valence-corrected chi connectivity index (χ4v) is 3.65. The normalized spacial score (nSPS) is 28.6. The van der Waals surface area contributed by atoms with E-state index in [0.717, 1.165) is 30.1 Å². The van der Waals surface area contributed by atoms with E-state index in [9.17, 15) is 4.79 Å². The van der Waals surface area contributed by atoms with Gasteiger partial charge in [-0.05, 0) is 48.8 Å². The monoisotopic (exact) mass is 258 g/mol. The van der Waals surface area contributed by atoms with E-state index in [4.69, 9.17) is 0 Å². The average Bonchev–Trinajstić information content (AvgIpc) is 2.99. The number of nitrogens with one attached hydrogen (secondary N) is 2. The van der Waals surface area contributed by atoms with Crippen LogP contribution in [-0.2, 0) is 11.3 Å². The Hall–Kier alpha value is -1.35. The third kappa shape index (κ3) is 2.98. The number of benzene rings is 1. The van der Waals surface area contributed by atoms with E-state index in [1.807, 2.05) is 12.1 Å². The average molecular weight is 258 g/mol. The molecule has 3 nitrogen and oxygen atoms in total.